The Bertz CT molecular complexity index is 453. The predicted molar refractivity (Wildman–Crippen MR) is 104 cm³/mol. The van der Waals surface area contributed by atoms with E-state index in [1.54, 1.807) is 0 Å². The molecular weight excluding hydrogens is 347 g/mol. The smallest absolute Gasteiger partial charge is 0.234 e. The molecule has 1 heterocycles. The molecular formula is C17H30Cl2N4O. The largest absolute Gasteiger partial charge is 0.353 e. The van der Waals surface area contributed by atoms with Crippen molar-refractivity contribution in [1.29, 1.82) is 0 Å². The number of amides is 1. The first-order valence-corrected chi connectivity index (χ1v) is 8.10. The maximum absolute atomic E-state index is 11.9. The van der Waals surface area contributed by atoms with E-state index in [2.05, 4.69) is 57.7 Å². The first-order chi connectivity index (χ1) is 10.7. The summed E-state index contributed by atoms with van der Waals surface area (Å²) in [6.07, 6.45) is 0. The molecule has 1 saturated heterocycles. The zero-order valence-electron chi connectivity index (χ0n) is 14.5. The molecule has 2 N–H and O–H groups in total. The van der Waals surface area contributed by atoms with E-state index in [9.17, 15) is 4.79 Å². The standard InChI is InChI=1S/C17H28N4O.2ClH/c1-15(18-2)12-19-17(22)14-21-10-8-20(9-11-21)13-16-6-4-3-5-7-16;;/h3-7,15,18H,8-14H2,1-2H3,(H,19,22);2*1H. The minimum atomic E-state index is 0. The number of piperazine rings is 1. The molecule has 1 aromatic carbocycles. The monoisotopic (exact) mass is 376 g/mol. The van der Waals surface area contributed by atoms with E-state index in [1.165, 1.54) is 5.56 Å². The first kappa shape index (κ1) is 23.1. The molecule has 7 heteroatoms. The summed E-state index contributed by atoms with van der Waals surface area (Å²) in [5.41, 5.74) is 1.36. The number of hydrogen-bond donors (Lipinski definition) is 2. The summed E-state index contributed by atoms with van der Waals surface area (Å²) >= 11 is 0. The Kier molecular flexibility index (Phi) is 12.1. The molecule has 2 rings (SSSR count). The molecule has 1 aromatic rings. The summed E-state index contributed by atoms with van der Waals surface area (Å²) in [5.74, 6) is 0.124. The van der Waals surface area contributed by atoms with Crippen LogP contribution in [0.2, 0.25) is 0 Å². The van der Waals surface area contributed by atoms with Crippen molar-refractivity contribution >= 4 is 30.7 Å². The number of rotatable bonds is 7. The van der Waals surface area contributed by atoms with Gasteiger partial charge in [-0.15, -0.1) is 24.8 Å². The third kappa shape index (κ3) is 8.31. The maximum Gasteiger partial charge on any atom is 0.234 e. The molecule has 1 aliphatic heterocycles. The van der Waals surface area contributed by atoms with Gasteiger partial charge >= 0.3 is 0 Å². The third-order valence-corrected chi connectivity index (χ3v) is 4.18. The molecule has 0 saturated carbocycles. The van der Waals surface area contributed by atoms with E-state index in [4.69, 9.17) is 0 Å². The summed E-state index contributed by atoms with van der Waals surface area (Å²) in [6, 6.07) is 10.9. The summed E-state index contributed by atoms with van der Waals surface area (Å²) in [5, 5.41) is 6.09. The molecule has 1 amide bonds. The van der Waals surface area contributed by atoms with Crippen molar-refractivity contribution in [3.8, 4) is 0 Å². The molecule has 24 heavy (non-hydrogen) atoms. The molecule has 1 atom stereocenters. The minimum absolute atomic E-state index is 0. The second-order valence-corrected chi connectivity index (χ2v) is 6.03. The Morgan fingerprint density at radius 3 is 2.25 bits per heavy atom. The van der Waals surface area contributed by atoms with Crippen molar-refractivity contribution in [3.63, 3.8) is 0 Å². The lowest BCUT2D eigenvalue weighted by atomic mass is 10.2. The van der Waals surface area contributed by atoms with E-state index in [1.807, 2.05) is 7.05 Å². The highest BCUT2D eigenvalue weighted by atomic mass is 35.5. The van der Waals surface area contributed by atoms with Crippen LogP contribution in [0, 0.1) is 0 Å². The fourth-order valence-electron chi connectivity index (χ4n) is 2.58. The van der Waals surface area contributed by atoms with E-state index in [0.29, 0.717) is 19.1 Å². The Hall–Kier alpha value is -0.850. The van der Waals surface area contributed by atoms with Crippen molar-refractivity contribution < 1.29 is 4.79 Å². The average Bonchev–Trinajstić information content (AvgIpc) is 2.55. The predicted octanol–water partition coefficient (Wildman–Crippen LogP) is 1.37. The highest BCUT2D eigenvalue weighted by Crippen LogP contribution is 2.08. The molecule has 1 fully saturated rings. The lowest BCUT2D eigenvalue weighted by Crippen LogP contribution is -2.50. The minimum Gasteiger partial charge on any atom is -0.353 e. The number of halogens is 2. The average molecular weight is 377 g/mol. The molecule has 0 spiro atoms. The van der Waals surface area contributed by atoms with E-state index in [0.717, 1.165) is 32.7 Å². The Morgan fingerprint density at radius 2 is 1.67 bits per heavy atom. The van der Waals surface area contributed by atoms with Crippen LogP contribution in [0.1, 0.15) is 12.5 Å². The summed E-state index contributed by atoms with van der Waals surface area (Å²) in [4.78, 5) is 16.6. The lowest BCUT2D eigenvalue weighted by Gasteiger charge is -2.34. The van der Waals surface area contributed by atoms with Gasteiger partial charge in [-0.1, -0.05) is 30.3 Å². The lowest BCUT2D eigenvalue weighted by molar-refractivity contribution is -0.122. The van der Waals surface area contributed by atoms with Crippen molar-refractivity contribution in [2.75, 3.05) is 46.3 Å². The zero-order chi connectivity index (χ0) is 15.8. The number of benzene rings is 1. The van der Waals surface area contributed by atoms with Crippen LogP contribution in [0.5, 0.6) is 0 Å². The van der Waals surface area contributed by atoms with Crippen molar-refractivity contribution in [3.05, 3.63) is 35.9 Å². The van der Waals surface area contributed by atoms with Crippen LogP contribution in [0.4, 0.5) is 0 Å². The van der Waals surface area contributed by atoms with Gasteiger partial charge in [0.2, 0.25) is 5.91 Å². The number of nitrogens with zero attached hydrogens (tertiary/aromatic N) is 2. The second-order valence-electron chi connectivity index (χ2n) is 6.03. The van der Waals surface area contributed by atoms with Crippen LogP contribution in [0.15, 0.2) is 30.3 Å². The van der Waals surface area contributed by atoms with Gasteiger partial charge in [-0.3, -0.25) is 14.6 Å². The summed E-state index contributed by atoms with van der Waals surface area (Å²) in [7, 11) is 1.91. The quantitative estimate of drug-likeness (QED) is 0.754. The number of nitrogens with one attached hydrogen (secondary N) is 2. The van der Waals surface area contributed by atoms with Gasteiger partial charge in [0.25, 0.3) is 0 Å². The van der Waals surface area contributed by atoms with Gasteiger partial charge in [-0.05, 0) is 19.5 Å². The fraction of sp³-hybridized carbons (Fsp3) is 0.588. The van der Waals surface area contributed by atoms with E-state index in [-0.39, 0.29) is 30.7 Å². The SMILES string of the molecule is CNC(C)CNC(=O)CN1CCN(Cc2ccccc2)CC1.Cl.Cl. The molecule has 138 valence electrons. The molecule has 1 unspecified atom stereocenters. The number of hydrogen-bond acceptors (Lipinski definition) is 4. The van der Waals surface area contributed by atoms with Gasteiger partial charge in [0.15, 0.2) is 0 Å². The third-order valence-electron chi connectivity index (χ3n) is 4.18. The van der Waals surface area contributed by atoms with Crippen LogP contribution in [-0.4, -0.2) is 68.1 Å². The first-order valence-electron chi connectivity index (χ1n) is 8.10. The van der Waals surface area contributed by atoms with Gasteiger partial charge in [0, 0.05) is 45.3 Å². The van der Waals surface area contributed by atoms with Gasteiger partial charge in [-0.25, -0.2) is 0 Å². The van der Waals surface area contributed by atoms with Crippen LogP contribution < -0.4 is 10.6 Å². The van der Waals surface area contributed by atoms with Crippen LogP contribution in [-0.2, 0) is 11.3 Å². The highest BCUT2D eigenvalue weighted by molar-refractivity contribution is 5.85. The van der Waals surface area contributed by atoms with Crippen molar-refractivity contribution in [2.24, 2.45) is 0 Å². The molecule has 1 aliphatic rings. The molecule has 0 bridgehead atoms. The van der Waals surface area contributed by atoms with E-state index >= 15 is 0 Å². The van der Waals surface area contributed by atoms with Crippen molar-refractivity contribution in [2.45, 2.75) is 19.5 Å². The topological polar surface area (TPSA) is 47.6 Å². The van der Waals surface area contributed by atoms with Crippen LogP contribution >= 0.6 is 24.8 Å². The maximum atomic E-state index is 11.9. The number of carbonyl (C=O) groups excluding carboxylic acids is 1. The number of likely N-dealkylation sites (N-methyl/N-ethyl adjacent to an activating group) is 1. The summed E-state index contributed by atoms with van der Waals surface area (Å²) in [6.45, 7) is 8.22. The number of carbonyl (C=O) groups is 1. The van der Waals surface area contributed by atoms with Gasteiger partial charge in [0.1, 0.15) is 0 Å². The van der Waals surface area contributed by atoms with Crippen LogP contribution in [0.3, 0.4) is 0 Å². The Balaban J connectivity index is 0.00000264. The molecule has 5 nitrogen and oxygen atoms in total. The van der Waals surface area contributed by atoms with Crippen LogP contribution in [0.25, 0.3) is 0 Å². The molecule has 0 aromatic heterocycles. The van der Waals surface area contributed by atoms with Gasteiger partial charge in [0.05, 0.1) is 6.54 Å². The summed E-state index contributed by atoms with van der Waals surface area (Å²) < 4.78 is 0. The molecule has 0 aliphatic carbocycles. The Morgan fingerprint density at radius 1 is 1.08 bits per heavy atom. The van der Waals surface area contributed by atoms with Gasteiger partial charge < -0.3 is 10.6 Å². The van der Waals surface area contributed by atoms with Crippen molar-refractivity contribution in [1.82, 2.24) is 20.4 Å². The fourth-order valence-corrected chi connectivity index (χ4v) is 2.58. The second kappa shape index (κ2) is 12.5. The van der Waals surface area contributed by atoms with E-state index < -0.39 is 0 Å². The molecule has 0 radical (unpaired) electrons. The zero-order valence-corrected chi connectivity index (χ0v) is 16.2. The van der Waals surface area contributed by atoms with Gasteiger partial charge in [-0.2, -0.15) is 0 Å². The Labute approximate surface area is 158 Å². The normalized spacial score (nSPS) is 16.6. The highest BCUT2D eigenvalue weighted by Gasteiger charge is 2.18.